The summed E-state index contributed by atoms with van der Waals surface area (Å²) in [6, 6.07) is 10.4. The molecule has 0 aliphatic rings. The van der Waals surface area contributed by atoms with E-state index in [1.165, 1.54) is 6.07 Å². The second kappa shape index (κ2) is 6.89. The molecular weight excluding hydrogens is 360 g/mol. The van der Waals surface area contributed by atoms with E-state index in [0.29, 0.717) is 10.6 Å². The lowest BCUT2D eigenvalue weighted by molar-refractivity contribution is -0.268. The Kier molecular flexibility index (Phi) is 4.64. The minimum Gasteiger partial charge on any atom is -0.872 e. The van der Waals surface area contributed by atoms with Crippen molar-refractivity contribution < 1.29 is 24.3 Å². The third kappa shape index (κ3) is 3.25. The van der Waals surface area contributed by atoms with Gasteiger partial charge in [-0.2, -0.15) is 0 Å². The first-order valence-corrected chi connectivity index (χ1v) is 7.83. The number of aromatic carboxylic acids is 1. The minimum absolute atomic E-state index is 0.165. The van der Waals surface area contributed by atoms with Crippen molar-refractivity contribution in [2.75, 3.05) is 5.32 Å². The number of rotatable bonds is 4. The molecule has 1 heterocycles. The molecule has 7 nitrogen and oxygen atoms in total. The maximum atomic E-state index is 12.7. The average Bonchev–Trinajstić information content (AvgIpc) is 2.98. The fraction of sp³-hybridized carbons (Fsp3) is 0.0556. The van der Waals surface area contributed by atoms with E-state index in [0.717, 1.165) is 12.1 Å². The smallest absolute Gasteiger partial charge is 0.335 e. The number of nitrogens with zero attached hydrogens (tertiary/aromatic N) is 1. The van der Waals surface area contributed by atoms with Crippen LogP contribution in [0.25, 0.3) is 11.3 Å². The molecule has 0 radical (unpaired) electrons. The third-order valence-electron chi connectivity index (χ3n) is 3.69. The van der Waals surface area contributed by atoms with Gasteiger partial charge in [0.05, 0.1) is 10.6 Å². The average molecular weight is 372 g/mol. The quantitative estimate of drug-likeness (QED) is 0.726. The van der Waals surface area contributed by atoms with Gasteiger partial charge in [0.2, 0.25) is 0 Å². The molecule has 0 bridgehead atoms. The summed E-state index contributed by atoms with van der Waals surface area (Å²) in [4.78, 5) is 23.8. The molecule has 3 aromatic rings. The molecule has 0 saturated heterocycles. The molecule has 26 heavy (non-hydrogen) atoms. The molecule has 0 fully saturated rings. The van der Waals surface area contributed by atoms with Gasteiger partial charge < -0.3 is 20.1 Å². The SMILES string of the molecule is Cc1onc(-c2ccccc2Cl)c1C(=O)Nc1ccc([O-])c(C(=O)O)c1. The van der Waals surface area contributed by atoms with E-state index < -0.39 is 23.2 Å². The molecule has 0 atom stereocenters. The normalized spacial score (nSPS) is 10.5. The first kappa shape index (κ1) is 17.5. The summed E-state index contributed by atoms with van der Waals surface area (Å²) in [5.74, 6) is -2.30. The van der Waals surface area contributed by atoms with Gasteiger partial charge >= 0.3 is 5.97 Å². The van der Waals surface area contributed by atoms with E-state index >= 15 is 0 Å². The fourth-order valence-electron chi connectivity index (χ4n) is 2.45. The molecule has 1 amide bonds. The summed E-state index contributed by atoms with van der Waals surface area (Å²) in [5.41, 5.74) is 0.692. The number of hydrogen-bond donors (Lipinski definition) is 2. The zero-order chi connectivity index (χ0) is 18.8. The summed E-state index contributed by atoms with van der Waals surface area (Å²) in [5, 5.41) is 27.4. The van der Waals surface area contributed by atoms with Crippen molar-refractivity contribution in [3.05, 3.63) is 64.4 Å². The third-order valence-corrected chi connectivity index (χ3v) is 4.02. The van der Waals surface area contributed by atoms with Crippen molar-refractivity contribution in [3.8, 4) is 17.0 Å². The number of benzene rings is 2. The molecule has 8 heteroatoms. The van der Waals surface area contributed by atoms with Crippen LogP contribution in [0.4, 0.5) is 5.69 Å². The lowest BCUT2D eigenvalue weighted by atomic mass is 10.1. The molecule has 2 aromatic carbocycles. The number of aryl methyl sites for hydroxylation is 1. The van der Waals surface area contributed by atoms with Gasteiger partial charge in [0.1, 0.15) is 17.0 Å². The number of hydrogen-bond acceptors (Lipinski definition) is 5. The maximum absolute atomic E-state index is 12.7. The summed E-state index contributed by atoms with van der Waals surface area (Å²) < 4.78 is 5.13. The Morgan fingerprint density at radius 1 is 1.23 bits per heavy atom. The van der Waals surface area contributed by atoms with Crippen LogP contribution in [0.1, 0.15) is 26.5 Å². The number of nitrogens with one attached hydrogen (secondary N) is 1. The molecule has 0 aliphatic heterocycles. The van der Waals surface area contributed by atoms with Gasteiger partial charge in [-0.3, -0.25) is 4.79 Å². The van der Waals surface area contributed by atoms with Crippen LogP contribution in [0.2, 0.25) is 5.02 Å². The van der Waals surface area contributed by atoms with Crippen LogP contribution in [0.15, 0.2) is 47.0 Å². The number of carbonyl (C=O) groups excluding carboxylic acids is 1. The summed E-state index contributed by atoms with van der Waals surface area (Å²) in [7, 11) is 0. The Bertz CT molecular complexity index is 1010. The molecule has 3 rings (SSSR count). The van der Waals surface area contributed by atoms with Gasteiger partial charge in [0.15, 0.2) is 0 Å². The second-order valence-electron chi connectivity index (χ2n) is 5.41. The molecule has 2 N–H and O–H groups in total. The van der Waals surface area contributed by atoms with Crippen LogP contribution in [0.5, 0.6) is 5.75 Å². The van der Waals surface area contributed by atoms with E-state index in [1.54, 1.807) is 31.2 Å². The lowest BCUT2D eigenvalue weighted by Crippen LogP contribution is -2.14. The Balaban J connectivity index is 1.97. The van der Waals surface area contributed by atoms with Crippen LogP contribution in [0, 0.1) is 6.92 Å². The van der Waals surface area contributed by atoms with Crippen molar-refractivity contribution in [1.29, 1.82) is 0 Å². The first-order valence-electron chi connectivity index (χ1n) is 7.45. The predicted octanol–water partition coefficient (Wildman–Crippen LogP) is 3.33. The predicted molar refractivity (Wildman–Crippen MR) is 92.5 cm³/mol. The molecule has 132 valence electrons. The highest BCUT2D eigenvalue weighted by molar-refractivity contribution is 6.33. The topological polar surface area (TPSA) is 115 Å². The van der Waals surface area contributed by atoms with Gasteiger partial charge in [-0.25, -0.2) is 4.79 Å². The van der Waals surface area contributed by atoms with Crippen LogP contribution in [-0.2, 0) is 0 Å². The summed E-state index contributed by atoms with van der Waals surface area (Å²) in [6.07, 6.45) is 0. The highest BCUT2D eigenvalue weighted by atomic mass is 35.5. The fourth-order valence-corrected chi connectivity index (χ4v) is 2.67. The molecule has 1 aromatic heterocycles. The van der Waals surface area contributed by atoms with Crippen molar-refractivity contribution in [2.24, 2.45) is 0 Å². The number of carboxylic acid groups (broad SMARTS) is 1. The lowest BCUT2D eigenvalue weighted by Gasteiger charge is -2.12. The first-order chi connectivity index (χ1) is 12.4. The van der Waals surface area contributed by atoms with Crippen LogP contribution in [0.3, 0.4) is 0 Å². The number of anilines is 1. The number of halogens is 1. The Morgan fingerprint density at radius 2 is 1.96 bits per heavy atom. The number of carbonyl (C=O) groups is 2. The number of carboxylic acids is 1. The molecular formula is C18H12ClN2O5-. The molecule has 0 unspecified atom stereocenters. The monoisotopic (exact) mass is 371 g/mol. The number of aromatic nitrogens is 1. The second-order valence-corrected chi connectivity index (χ2v) is 5.82. The van der Waals surface area contributed by atoms with Gasteiger partial charge in [-0.1, -0.05) is 46.8 Å². The van der Waals surface area contributed by atoms with Crippen molar-refractivity contribution >= 4 is 29.2 Å². The van der Waals surface area contributed by atoms with Crippen LogP contribution < -0.4 is 10.4 Å². The van der Waals surface area contributed by atoms with Crippen molar-refractivity contribution in [2.45, 2.75) is 6.92 Å². The molecule has 0 saturated carbocycles. The number of amides is 1. The van der Waals surface area contributed by atoms with E-state index in [1.807, 2.05) is 0 Å². The van der Waals surface area contributed by atoms with Gasteiger partial charge in [-0.15, -0.1) is 0 Å². The van der Waals surface area contributed by atoms with Crippen LogP contribution >= 0.6 is 11.6 Å². The van der Waals surface area contributed by atoms with Crippen LogP contribution in [-0.4, -0.2) is 22.1 Å². The standard InChI is InChI=1S/C18H13ClN2O5/c1-9-15(16(21-26-9)11-4-2-3-5-13(11)19)17(23)20-10-6-7-14(22)12(8-10)18(24)25/h2-8,22H,1H3,(H,20,23)(H,24,25)/p-1. The van der Waals surface area contributed by atoms with E-state index in [-0.39, 0.29) is 22.7 Å². The van der Waals surface area contributed by atoms with E-state index in [4.69, 9.17) is 21.2 Å². The Hall–Kier alpha value is -3.32. The van der Waals surface area contributed by atoms with E-state index in [2.05, 4.69) is 10.5 Å². The Labute approximate surface area is 152 Å². The van der Waals surface area contributed by atoms with Crippen molar-refractivity contribution in [1.82, 2.24) is 5.16 Å². The van der Waals surface area contributed by atoms with Gasteiger partial charge in [0.25, 0.3) is 5.91 Å². The molecule has 0 aliphatic carbocycles. The zero-order valence-corrected chi connectivity index (χ0v) is 14.2. The highest BCUT2D eigenvalue weighted by Crippen LogP contribution is 2.31. The van der Waals surface area contributed by atoms with E-state index in [9.17, 15) is 14.7 Å². The summed E-state index contributed by atoms with van der Waals surface area (Å²) >= 11 is 6.16. The summed E-state index contributed by atoms with van der Waals surface area (Å²) in [6.45, 7) is 1.58. The molecule has 0 spiro atoms. The maximum Gasteiger partial charge on any atom is 0.335 e. The largest absolute Gasteiger partial charge is 0.872 e. The van der Waals surface area contributed by atoms with Gasteiger partial charge in [-0.05, 0) is 25.1 Å². The zero-order valence-electron chi connectivity index (χ0n) is 13.4. The van der Waals surface area contributed by atoms with Gasteiger partial charge in [0, 0.05) is 11.3 Å². The minimum atomic E-state index is -1.37. The Morgan fingerprint density at radius 3 is 2.65 bits per heavy atom. The van der Waals surface area contributed by atoms with Crippen molar-refractivity contribution in [3.63, 3.8) is 0 Å². The highest BCUT2D eigenvalue weighted by Gasteiger charge is 2.23.